The highest BCUT2D eigenvalue weighted by Gasteiger charge is 2.18. The molecule has 0 aliphatic heterocycles. The van der Waals surface area contributed by atoms with E-state index in [1.165, 1.54) is 12.0 Å². The van der Waals surface area contributed by atoms with Crippen LogP contribution >= 0.6 is 11.6 Å². The molecule has 2 rings (SSSR count). The Labute approximate surface area is 146 Å². The van der Waals surface area contributed by atoms with Gasteiger partial charge in [0.1, 0.15) is 12.3 Å². The van der Waals surface area contributed by atoms with Crippen LogP contribution in [0.2, 0.25) is 5.02 Å². The van der Waals surface area contributed by atoms with E-state index in [4.69, 9.17) is 16.3 Å². The van der Waals surface area contributed by atoms with E-state index >= 15 is 0 Å². The molecule has 1 N–H and O–H groups in total. The number of likely N-dealkylation sites (N-methyl/N-ethyl adjacent to an activating group) is 1. The first-order valence-electron chi connectivity index (χ1n) is 7.53. The van der Waals surface area contributed by atoms with Crippen molar-refractivity contribution in [2.24, 2.45) is 0 Å². The normalized spacial score (nSPS) is 10.1. The molecule has 0 aliphatic rings. The van der Waals surface area contributed by atoms with Crippen molar-refractivity contribution in [3.05, 3.63) is 59.1 Å². The molecule has 0 heterocycles. The Hall–Kier alpha value is -2.53. The molecule has 2 aromatic carbocycles. The van der Waals surface area contributed by atoms with E-state index in [2.05, 4.69) is 5.32 Å². The van der Waals surface area contributed by atoms with Crippen molar-refractivity contribution in [1.82, 2.24) is 4.90 Å². The lowest BCUT2D eigenvalue weighted by molar-refractivity contribution is -0.116. The number of benzene rings is 2. The summed E-state index contributed by atoms with van der Waals surface area (Å²) in [6, 6.07) is 13.8. The Morgan fingerprint density at radius 2 is 1.92 bits per heavy atom. The van der Waals surface area contributed by atoms with Crippen molar-refractivity contribution in [3.8, 4) is 5.75 Å². The highest BCUT2D eigenvalue weighted by Crippen LogP contribution is 2.23. The second-order valence-corrected chi connectivity index (χ2v) is 5.51. The molecule has 0 atom stereocenters. The van der Waals surface area contributed by atoms with Gasteiger partial charge in [-0.25, -0.2) is 0 Å². The van der Waals surface area contributed by atoms with Gasteiger partial charge in [0, 0.05) is 17.1 Å². The number of carbonyl (C=O) groups is 2. The van der Waals surface area contributed by atoms with E-state index in [9.17, 15) is 9.59 Å². The summed E-state index contributed by atoms with van der Waals surface area (Å²) in [4.78, 5) is 26.2. The number of hydrogen-bond donors (Lipinski definition) is 1. The van der Waals surface area contributed by atoms with Gasteiger partial charge < -0.3 is 15.0 Å². The lowest BCUT2D eigenvalue weighted by Crippen LogP contribution is -2.37. The molecule has 0 unspecified atom stereocenters. The van der Waals surface area contributed by atoms with Crippen molar-refractivity contribution in [3.63, 3.8) is 0 Å². The zero-order valence-electron chi connectivity index (χ0n) is 13.6. The number of para-hydroxylation sites is 2. The fourth-order valence-corrected chi connectivity index (χ4v) is 2.43. The van der Waals surface area contributed by atoms with Crippen LogP contribution in [-0.2, 0) is 4.79 Å². The standard InChI is InChI=1S/C18H19ClN2O3/c1-3-21(18(23)13-7-6-8-14(19)11-13)12-17(22)20-15-9-4-5-10-16(15)24-2/h4-11H,3,12H2,1-2H3,(H,20,22). The fourth-order valence-electron chi connectivity index (χ4n) is 2.24. The largest absolute Gasteiger partial charge is 0.495 e. The molecule has 0 spiro atoms. The van der Waals surface area contributed by atoms with Gasteiger partial charge in [-0.1, -0.05) is 29.8 Å². The fraction of sp³-hybridized carbons (Fsp3) is 0.222. The van der Waals surface area contributed by atoms with Crippen LogP contribution < -0.4 is 10.1 Å². The van der Waals surface area contributed by atoms with Gasteiger partial charge in [-0.05, 0) is 37.3 Å². The number of ether oxygens (including phenoxy) is 1. The minimum absolute atomic E-state index is 0.0557. The molecule has 0 bridgehead atoms. The van der Waals surface area contributed by atoms with Gasteiger partial charge in [-0.3, -0.25) is 9.59 Å². The summed E-state index contributed by atoms with van der Waals surface area (Å²) >= 11 is 5.92. The van der Waals surface area contributed by atoms with E-state index in [-0.39, 0.29) is 18.4 Å². The maximum Gasteiger partial charge on any atom is 0.254 e. The van der Waals surface area contributed by atoms with E-state index in [0.29, 0.717) is 28.6 Å². The third-order valence-corrected chi connectivity index (χ3v) is 3.69. The maximum absolute atomic E-state index is 12.5. The Balaban J connectivity index is 2.06. The Morgan fingerprint density at radius 1 is 1.17 bits per heavy atom. The number of anilines is 1. The molecule has 0 fully saturated rings. The Morgan fingerprint density at radius 3 is 2.58 bits per heavy atom. The SMILES string of the molecule is CCN(CC(=O)Nc1ccccc1OC)C(=O)c1cccc(Cl)c1. The molecule has 0 saturated carbocycles. The zero-order valence-corrected chi connectivity index (χ0v) is 14.3. The number of hydrogen-bond acceptors (Lipinski definition) is 3. The molecule has 24 heavy (non-hydrogen) atoms. The van der Waals surface area contributed by atoms with Gasteiger partial charge in [0.2, 0.25) is 5.91 Å². The third kappa shape index (κ3) is 4.49. The summed E-state index contributed by atoms with van der Waals surface area (Å²) in [5.41, 5.74) is 1.02. The first kappa shape index (κ1) is 17.8. The summed E-state index contributed by atoms with van der Waals surface area (Å²) in [5.74, 6) is 0.0296. The molecule has 126 valence electrons. The smallest absolute Gasteiger partial charge is 0.254 e. The highest BCUT2D eigenvalue weighted by molar-refractivity contribution is 6.31. The van der Waals surface area contributed by atoms with Gasteiger partial charge in [0.25, 0.3) is 5.91 Å². The highest BCUT2D eigenvalue weighted by atomic mass is 35.5. The summed E-state index contributed by atoms with van der Waals surface area (Å²) in [7, 11) is 1.53. The molecular formula is C18H19ClN2O3. The second kappa shape index (κ2) is 8.36. The molecule has 0 radical (unpaired) electrons. The minimum Gasteiger partial charge on any atom is -0.495 e. The van der Waals surface area contributed by atoms with Crippen LogP contribution in [0.25, 0.3) is 0 Å². The molecule has 2 aromatic rings. The lowest BCUT2D eigenvalue weighted by Gasteiger charge is -2.21. The van der Waals surface area contributed by atoms with Crippen LogP contribution in [0.5, 0.6) is 5.75 Å². The second-order valence-electron chi connectivity index (χ2n) is 5.08. The van der Waals surface area contributed by atoms with Crippen molar-refractivity contribution in [1.29, 1.82) is 0 Å². The van der Waals surface area contributed by atoms with Gasteiger partial charge in [-0.2, -0.15) is 0 Å². The molecule has 5 nitrogen and oxygen atoms in total. The first-order chi connectivity index (χ1) is 11.5. The summed E-state index contributed by atoms with van der Waals surface area (Å²) in [6.07, 6.45) is 0. The van der Waals surface area contributed by atoms with E-state index in [0.717, 1.165) is 0 Å². The summed E-state index contributed by atoms with van der Waals surface area (Å²) in [5, 5.41) is 3.24. The number of rotatable bonds is 6. The van der Waals surface area contributed by atoms with Crippen LogP contribution in [-0.4, -0.2) is 36.9 Å². The quantitative estimate of drug-likeness (QED) is 0.871. The monoisotopic (exact) mass is 346 g/mol. The molecular weight excluding hydrogens is 328 g/mol. The van der Waals surface area contributed by atoms with Crippen LogP contribution in [0.4, 0.5) is 5.69 Å². The molecule has 0 aromatic heterocycles. The summed E-state index contributed by atoms with van der Waals surface area (Å²) in [6.45, 7) is 2.17. The van der Waals surface area contributed by atoms with Gasteiger partial charge >= 0.3 is 0 Å². The lowest BCUT2D eigenvalue weighted by atomic mass is 10.2. The van der Waals surface area contributed by atoms with Crippen LogP contribution in [0.1, 0.15) is 17.3 Å². The predicted molar refractivity (Wildman–Crippen MR) is 94.7 cm³/mol. The van der Waals surface area contributed by atoms with Crippen molar-refractivity contribution >= 4 is 29.1 Å². The topological polar surface area (TPSA) is 58.6 Å². The molecule has 0 aliphatic carbocycles. The van der Waals surface area contributed by atoms with Crippen LogP contribution in [0, 0.1) is 0 Å². The third-order valence-electron chi connectivity index (χ3n) is 3.46. The average Bonchev–Trinajstić information content (AvgIpc) is 2.59. The van der Waals surface area contributed by atoms with E-state index in [1.54, 1.807) is 42.5 Å². The van der Waals surface area contributed by atoms with Gasteiger partial charge in [0.05, 0.1) is 12.8 Å². The minimum atomic E-state index is -0.295. The van der Waals surface area contributed by atoms with Gasteiger partial charge in [-0.15, -0.1) is 0 Å². The first-order valence-corrected chi connectivity index (χ1v) is 7.90. The number of methoxy groups -OCH3 is 1. The maximum atomic E-state index is 12.5. The Bertz CT molecular complexity index is 734. The Kier molecular flexibility index (Phi) is 6.21. The van der Waals surface area contributed by atoms with Gasteiger partial charge in [0.15, 0.2) is 0 Å². The van der Waals surface area contributed by atoms with E-state index < -0.39 is 0 Å². The van der Waals surface area contributed by atoms with Crippen molar-refractivity contribution in [2.45, 2.75) is 6.92 Å². The number of carbonyl (C=O) groups excluding carboxylic acids is 2. The molecule has 6 heteroatoms. The number of nitrogens with one attached hydrogen (secondary N) is 1. The molecule has 0 saturated heterocycles. The van der Waals surface area contributed by atoms with Crippen LogP contribution in [0.15, 0.2) is 48.5 Å². The number of nitrogens with zero attached hydrogens (tertiary/aromatic N) is 1. The predicted octanol–water partition coefficient (Wildman–Crippen LogP) is 3.45. The average molecular weight is 347 g/mol. The van der Waals surface area contributed by atoms with Crippen molar-refractivity contribution in [2.75, 3.05) is 25.5 Å². The van der Waals surface area contributed by atoms with E-state index in [1.807, 2.05) is 13.0 Å². The van der Waals surface area contributed by atoms with Crippen LogP contribution in [0.3, 0.4) is 0 Å². The van der Waals surface area contributed by atoms with Crippen molar-refractivity contribution < 1.29 is 14.3 Å². The number of halogens is 1. The summed E-state index contributed by atoms with van der Waals surface area (Å²) < 4.78 is 5.20. The number of amides is 2. The molecule has 2 amide bonds. The zero-order chi connectivity index (χ0) is 17.5.